The third-order valence-corrected chi connectivity index (χ3v) is 4.00. The molecule has 23 heavy (non-hydrogen) atoms. The third kappa shape index (κ3) is 4.43. The number of halogens is 2. The van der Waals surface area contributed by atoms with Crippen molar-refractivity contribution >= 4 is 46.2 Å². The van der Waals surface area contributed by atoms with Gasteiger partial charge in [0.15, 0.2) is 0 Å². The van der Waals surface area contributed by atoms with Crippen molar-refractivity contribution in [3.8, 4) is 0 Å². The molecule has 126 valence electrons. The molecule has 4 amide bonds. The molecule has 0 spiro atoms. The molecule has 9 heteroatoms. The molecular formula is C14H18BrClN4O3. The van der Waals surface area contributed by atoms with E-state index in [0.717, 1.165) is 9.37 Å². The molecule has 1 aromatic carbocycles. The van der Waals surface area contributed by atoms with Crippen molar-refractivity contribution in [1.82, 2.24) is 15.5 Å². The Kier molecular flexibility index (Phi) is 6.55. The van der Waals surface area contributed by atoms with E-state index in [1.807, 2.05) is 0 Å². The van der Waals surface area contributed by atoms with E-state index in [4.69, 9.17) is 5.73 Å². The third-order valence-electron chi connectivity index (χ3n) is 3.47. The summed E-state index contributed by atoms with van der Waals surface area (Å²) in [7, 11) is 0. The van der Waals surface area contributed by atoms with E-state index in [-0.39, 0.29) is 43.9 Å². The summed E-state index contributed by atoms with van der Waals surface area (Å²) in [5.74, 6) is -0.676. The van der Waals surface area contributed by atoms with E-state index >= 15 is 0 Å². The van der Waals surface area contributed by atoms with Gasteiger partial charge in [0, 0.05) is 17.6 Å². The largest absolute Gasteiger partial charge is 0.352 e. The average molecular weight is 406 g/mol. The van der Waals surface area contributed by atoms with Gasteiger partial charge in [-0.15, -0.1) is 12.4 Å². The lowest BCUT2D eigenvalue weighted by Gasteiger charge is -2.24. The topological polar surface area (TPSA) is 105 Å². The van der Waals surface area contributed by atoms with Crippen molar-refractivity contribution in [1.29, 1.82) is 0 Å². The summed E-state index contributed by atoms with van der Waals surface area (Å²) in [6.45, 7) is 1.88. The van der Waals surface area contributed by atoms with Crippen LogP contribution in [-0.2, 0) is 15.1 Å². The average Bonchev–Trinajstić information content (AvgIpc) is 2.79. The van der Waals surface area contributed by atoms with E-state index in [1.165, 1.54) is 0 Å². The maximum atomic E-state index is 12.2. The minimum Gasteiger partial charge on any atom is -0.352 e. The number of hydrogen-bond acceptors (Lipinski definition) is 4. The van der Waals surface area contributed by atoms with Crippen LogP contribution in [0.4, 0.5) is 4.79 Å². The molecule has 1 heterocycles. The number of benzene rings is 1. The highest BCUT2D eigenvalue weighted by atomic mass is 79.9. The molecule has 1 aromatic rings. The molecule has 1 aliphatic rings. The van der Waals surface area contributed by atoms with Gasteiger partial charge < -0.3 is 16.4 Å². The molecular weight excluding hydrogens is 388 g/mol. The maximum absolute atomic E-state index is 12.2. The molecule has 0 bridgehead atoms. The molecule has 1 aliphatic heterocycles. The number of rotatable bonds is 5. The van der Waals surface area contributed by atoms with Crippen molar-refractivity contribution in [3.05, 3.63) is 34.3 Å². The van der Waals surface area contributed by atoms with Crippen molar-refractivity contribution in [2.45, 2.75) is 12.5 Å². The second kappa shape index (κ2) is 7.76. The quantitative estimate of drug-likeness (QED) is 0.628. The smallest absolute Gasteiger partial charge is 0.324 e. The van der Waals surface area contributed by atoms with Crippen LogP contribution in [-0.4, -0.2) is 42.4 Å². The fraction of sp³-hybridized carbons (Fsp3) is 0.357. The van der Waals surface area contributed by atoms with Gasteiger partial charge in [0.1, 0.15) is 5.54 Å². The van der Waals surface area contributed by atoms with Crippen molar-refractivity contribution in [2.24, 2.45) is 5.73 Å². The van der Waals surface area contributed by atoms with Gasteiger partial charge in [-0.05, 0) is 24.6 Å². The molecule has 1 fully saturated rings. The van der Waals surface area contributed by atoms with Crippen LogP contribution in [0.1, 0.15) is 12.5 Å². The lowest BCUT2D eigenvalue weighted by molar-refractivity contribution is -0.127. The number of carbonyl (C=O) groups excluding carboxylic acids is 3. The standard InChI is InChI=1S/C14H17BrN4O3.ClH/c1-14(16,9-2-4-10(15)5-3-9)12(21)17-6-7-19-11(20)8-18-13(19)22;/h2-5H,6-8,16H2,1H3,(H,17,21)(H,18,22);1H. The Hall–Kier alpha value is -1.64. The molecule has 4 N–H and O–H groups in total. The minimum atomic E-state index is -1.20. The van der Waals surface area contributed by atoms with Crippen LogP contribution < -0.4 is 16.4 Å². The van der Waals surface area contributed by atoms with Gasteiger partial charge in [0.2, 0.25) is 11.8 Å². The van der Waals surface area contributed by atoms with Gasteiger partial charge in [-0.25, -0.2) is 4.79 Å². The summed E-state index contributed by atoms with van der Waals surface area (Å²) in [5, 5.41) is 5.07. The zero-order valence-electron chi connectivity index (χ0n) is 12.5. The highest BCUT2D eigenvalue weighted by molar-refractivity contribution is 9.10. The molecule has 0 aliphatic carbocycles. The Morgan fingerprint density at radius 3 is 2.52 bits per heavy atom. The molecule has 2 rings (SSSR count). The number of urea groups is 1. The van der Waals surface area contributed by atoms with Crippen LogP contribution in [0.25, 0.3) is 0 Å². The summed E-state index contributed by atoms with van der Waals surface area (Å²) >= 11 is 3.32. The number of nitrogens with one attached hydrogen (secondary N) is 2. The number of carbonyl (C=O) groups is 3. The molecule has 1 saturated heterocycles. The first-order chi connectivity index (χ1) is 10.3. The Bertz CT molecular complexity index is 591. The number of imide groups is 1. The Morgan fingerprint density at radius 1 is 1.39 bits per heavy atom. The monoisotopic (exact) mass is 404 g/mol. The summed E-state index contributed by atoms with van der Waals surface area (Å²) in [6.07, 6.45) is 0. The predicted octanol–water partition coefficient (Wildman–Crippen LogP) is 0.713. The molecule has 1 atom stereocenters. The summed E-state index contributed by atoms with van der Waals surface area (Å²) < 4.78 is 0.894. The molecule has 1 unspecified atom stereocenters. The first-order valence-corrected chi connectivity index (χ1v) is 7.53. The summed E-state index contributed by atoms with van der Waals surface area (Å²) in [4.78, 5) is 36.1. The van der Waals surface area contributed by atoms with Crippen LogP contribution >= 0.6 is 28.3 Å². The first kappa shape index (κ1) is 19.4. The SMILES string of the molecule is CC(N)(C(=O)NCCN1C(=O)CNC1=O)c1ccc(Br)cc1.Cl. The second-order valence-electron chi connectivity index (χ2n) is 5.17. The molecule has 0 aromatic heterocycles. The Morgan fingerprint density at radius 2 is 2.00 bits per heavy atom. The molecule has 0 radical (unpaired) electrons. The van der Waals surface area contributed by atoms with Gasteiger partial charge in [0.05, 0.1) is 6.54 Å². The second-order valence-corrected chi connectivity index (χ2v) is 6.08. The lowest BCUT2D eigenvalue weighted by atomic mass is 9.92. The van der Waals surface area contributed by atoms with Crippen LogP contribution in [0.3, 0.4) is 0 Å². The summed E-state index contributed by atoms with van der Waals surface area (Å²) in [6, 6.07) is 6.70. The van der Waals surface area contributed by atoms with Gasteiger partial charge in [-0.3, -0.25) is 14.5 Å². The van der Waals surface area contributed by atoms with Gasteiger partial charge in [-0.1, -0.05) is 28.1 Å². The fourth-order valence-electron chi connectivity index (χ4n) is 2.07. The molecule has 7 nitrogen and oxygen atoms in total. The van der Waals surface area contributed by atoms with E-state index < -0.39 is 11.6 Å². The van der Waals surface area contributed by atoms with Gasteiger partial charge in [-0.2, -0.15) is 0 Å². The van der Waals surface area contributed by atoms with Crippen molar-refractivity contribution in [3.63, 3.8) is 0 Å². The van der Waals surface area contributed by atoms with E-state index in [0.29, 0.717) is 5.56 Å². The summed E-state index contributed by atoms with van der Waals surface area (Å²) in [5.41, 5.74) is 5.57. The highest BCUT2D eigenvalue weighted by Crippen LogP contribution is 2.20. The number of nitrogens with zero attached hydrogens (tertiary/aromatic N) is 1. The van der Waals surface area contributed by atoms with Crippen LogP contribution in [0.5, 0.6) is 0 Å². The van der Waals surface area contributed by atoms with Gasteiger partial charge >= 0.3 is 6.03 Å². The minimum absolute atomic E-state index is 0. The molecule has 0 saturated carbocycles. The van der Waals surface area contributed by atoms with E-state index in [1.54, 1.807) is 31.2 Å². The maximum Gasteiger partial charge on any atom is 0.324 e. The zero-order chi connectivity index (χ0) is 16.3. The Labute approximate surface area is 148 Å². The van der Waals surface area contributed by atoms with Crippen molar-refractivity contribution in [2.75, 3.05) is 19.6 Å². The Balaban J connectivity index is 0.00000264. The van der Waals surface area contributed by atoms with Crippen LogP contribution in [0.15, 0.2) is 28.7 Å². The normalized spacial score (nSPS) is 16.4. The number of amides is 4. The van der Waals surface area contributed by atoms with Crippen molar-refractivity contribution < 1.29 is 14.4 Å². The zero-order valence-corrected chi connectivity index (χ0v) is 14.9. The van der Waals surface area contributed by atoms with Gasteiger partial charge in [0.25, 0.3) is 0 Å². The van der Waals surface area contributed by atoms with Crippen LogP contribution in [0.2, 0.25) is 0 Å². The lowest BCUT2D eigenvalue weighted by Crippen LogP contribution is -2.50. The fourth-order valence-corrected chi connectivity index (χ4v) is 2.34. The highest BCUT2D eigenvalue weighted by Gasteiger charge is 2.31. The number of hydrogen-bond donors (Lipinski definition) is 3. The van der Waals surface area contributed by atoms with Crippen LogP contribution in [0, 0.1) is 0 Å². The number of nitrogens with two attached hydrogens (primary N) is 1. The van der Waals surface area contributed by atoms with E-state index in [2.05, 4.69) is 26.6 Å². The van der Waals surface area contributed by atoms with E-state index in [9.17, 15) is 14.4 Å². The predicted molar refractivity (Wildman–Crippen MR) is 91.1 cm³/mol. The first-order valence-electron chi connectivity index (χ1n) is 6.74.